The van der Waals surface area contributed by atoms with E-state index in [0.717, 1.165) is 6.26 Å². The molecule has 7 heteroatoms. The Morgan fingerprint density at radius 1 is 1.28 bits per heavy atom. The maximum Gasteiger partial charge on any atom is 0.340 e. The molecule has 0 atom stereocenters. The molecule has 0 aliphatic heterocycles. The fraction of sp³-hybridized carbons (Fsp3) is 0.273. The van der Waals surface area contributed by atoms with Crippen LogP contribution in [0.1, 0.15) is 17.3 Å². The second kappa shape index (κ2) is 5.63. The van der Waals surface area contributed by atoms with Gasteiger partial charge >= 0.3 is 5.97 Å². The highest BCUT2D eigenvalue weighted by Gasteiger charge is 2.15. The second-order valence-electron chi connectivity index (χ2n) is 3.70. The third kappa shape index (κ3) is 4.54. The van der Waals surface area contributed by atoms with Crippen molar-refractivity contribution in [1.29, 1.82) is 0 Å². The molecule has 0 aliphatic rings. The van der Waals surface area contributed by atoms with Gasteiger partial charge in [-0.05, 0) is 19.1 Å². The lowest BCUT2D eigenvalue weighted by Gasteiger charge is -2.09. The van der Waals surface area contributed by atoms with Gasteiger partial charge in [-0.15, -0.1) is 0 Å². The number of hydrogen-bond acceptors (Lipinski definition) is 5. The number of benzene rings is 1. The monoisotopic (exact) mass is 271 g/mol. The molecule has 1 aromatic carbocycles. The van der Waals surface area contributed by atoms with Crippen molar-refractivity contribution >= 4 is 27.5 Å². The Kier molecular flexibility index (Phi) is 4.43. The van der Waals surface area contributed by atoms with Gasteiger partial charge in [-0.25, -0.2) is 13.2 Å². The molecule has 0 amide bonds. The Morgan fingerprint density at radius 3 is 2.44 bits per heavy atom. The van der Waals surface area contributed by atoms with Crippen LogP contribution in [0.2, 0.25) is 0 Å². The lowest BCUT2D eigenvalue weighted by molar-refractivity contribution is -0.120. The summed E-state index contributed by atoms with van der Waals surface area (Å²) in [5.74, 6) is -1.05. The minimum atomic E-state index is -3.49. The van der Waals surface area contributed by atoms with E-state index in [0.29, 0.717) is 0 Å². The van der Waals surface area contributed by atoms with Crippen LogP contribution in [0.25, 0.3) is 0 Å². The molecule has 0 aliphatic carbocycles. The van der Waals surface area contributed by atoms with E-state index in [2.05, 4.69) is 4.72 Å². The van der Waals surface area contributed by atoms with Crippen LogP contribution >= 0.6 is 0 Å². The quantitative estimate of drug-likeness (QED) is 0.800. The third-order valence-corrected chi connectivity index (χ3v) is 2.44. The summed E-state index contributed by atoms with van der Waals surface area (Å²) in [6, 6.07) is 5.99. The number of anilines is 1. The highest BCUT2D eigenvalue weighted by Crippen LogP contribution is 2.17. The molecule has 1 aromatic rings. The third-order valence-electron chi connectivity index (χ3n) is 1.85. The molecule has 0 aromatic heterocycles. The molecule has 0 saturated carbocycles. The molecular weight excluding hydrogens is 258 g/mol. The van der Waals surface area contributed by atoms with Crippen LogP contribution in [0.5, 0.6) is 0 Å². The van der Waals surface area contributed by atoms with E-state index >= 15 is 0 Å². The smallest absolute Gasteiger partial charge is 0.340 e. The Balaban J connectivity index is 2.94. The molecule has 18 heavy (non-hydrogen) atoms. The van der Waals surface area contributed by atoms with Gasteiger partial charge in [-0.1, -0.05) is 12.1 Å². The summed E-state index contributed by atoms with van der Waals surface area (Å²) in [7, 11) is -3.49. The predicted octanol–water partition coefficient (Wildman–Crippen LogP) is 0.804. The minimum Gasteiger partial charge on any atom is -0.454 e. The maximum absolute atomic E-state index is 11.6. The molecule has 98 valence electrons. The number of ketones is 1. The van der Waals surface area contributed by atoms with Gasteiger partial charge in [0.15, 0.2) is 5.78 Å². The Bertz CT molecular complexity index is 565. The second-order valence-corrected chi connectivity index (χ2v) is 5.45. The molecule has 0 radical (unpaired) electrons. The van der Waals surface area contributed by atoms with Crippen molar-refractivity contribution in [3.63, 3.8) is 0 Å². The molecular formula is C11H13NO5S. The van der Waals surface area contributed by atoms with E-state index in [1.54, 1.807) is 12.1 Å². The molecule has 0 bridgehead atoms. The molecule has 0 saturated heterocycles. The summed E-state index contributed by atoms with van der Waals surface area (Å²) in [4.78, 5) is 22.4. The zero-order chi connectivity index (χ0) is 13.8. The van der Waals surface area contributed by atoms with Gasteiger partial charge in [0.05, 0.1) is 17.5 Å². The highest BCUT2D eigenvalue weighted by atomic mass is 32.2. The number of esters is 1. The number of nitrogens with one attached hydrogen (secondary N) is 1. The van der Waals surface area contributed by atoms with Crippen LogP contribution in [0, 0.1) is 0 Å². The van der Waals surface area contributed by atoms with Crippen molar-refractivity contribution in [3.05, 3.63) is 29.8 Å². The number of ether oxygens (including phenoxy) is 1. The average Bonchev–Trinajstić information content (AvgIpc) is 2.24. The topological polar surface area (TPSA) is 89.5 Å². The first-order valence-corrected chi connectivity index (χ1v) is 6.92. The van der Waals surface area contributed by atoms with Crippen molar-refractivity contribution in [2.24, 2.45) is 0 Å². The summed E-state index contributed by atoms with van der Waals surface area (Å²) in [5, 5.41) is 0. The van der Waals surface area contributed by atoms with Crippen LogP contribution < -0.4 is 4.72 Å². The number of para-hydroxylation sites is 1. The number of carbonyl (C=O) groups excluding carboxylic acids is 2. The SMILES string of the molecule is CC(=O)COC(=O)c1ccccc1NS(C)(=O)=O. The van der Waals surface area contributed by atoms with E-state index in [-0.39, 0.29) is 23.6 Å². The molecule has 6 nitrogen and oxygen atoms in total. The normalized spacial score (nSPS) is 10.8. The number of sulfonamides is 1. The van der Waals surface area contributed by atoms with Gasteiger partial charge in [0.2, 0.25) is 10.0 Å². The van der Waals surface area contributed by atoms with Crippen molar-refractivity contribution in [3.8, 4) is 0 Å². The fourth-order valence-corrected chi connectivity index (χ4v) is 1.77. The summed E-state index contributed by atoms with van der Waals surface area (Å²) in [5.41, 5.74) is 0.178. The average molecular weight is 271 g/mol. The summed E-state index contributed by atoms with van der Waals surface area (Å²) < 4.78 is 29.2. The first-order valence-electron chi connectivity index (χ1n) is 5.03. The summed E-state index contributed by atoms with van der Waals surface area (Å²) >= 11 is 0. The van der Waals surface area contributed by atoms with Gasteiger partial charge in [0, 0.05) is 0 Å². The van der Waals surface area contributed by atoms with Crippen LogP contribution in [0.3, 0.4) is 0 Å². The van der Waals surface area contributed by atoms with Gasteiger partial charge in [0.25, 0.3) is 0 Å². The first kappa shape index (κ1) is 14.2. The van der Waals surface area contributed by atoms with Crippen molar-refractivity contribution < 1.29 is 22.7 Å². The van der Waals surface area contributed by atoms with Crippen LogP contribution in [0.4, 0.5) is 5.69 Å². The number of hydrogen-bond donors (Lipinski definition) is 1. The van der Waals surface area contributed by atoms with Crippen LogP contribution in [-0.2, 0) is 19.6 Å². The Labute approximate surface area is 105 Å². The highest BCUT2D eigenvalue weighted by molar-refractivity contribution is 7.92. The number of carbonyl (C=O) groups is 2. The summed E-state index contributed by atoms with van der Waals surface area (Å²) in [6.45, 7) is 0.944. The van der Waals surface area contributed by atoms with Gasteiger partial charge in [-0.2, -0.15) is 0 Å². The van der Waals surface area contributed by atoms with E-state index < -0.39 is 16.0 Å². The standard InChI is InChI=1S/C11H13NO5S/c1-8(13)7-17-11(14)9-5-3-4-6-10(9)12-18(2,15)16/h3-6,12H,7H2,1-2H3. The lowest BCUT2D eigenvalue weighted by Crippen LogP contribution is -2.16. The van der Waals surface area contributed by atoms with Gasteiger partial charge in [0.1, 0.15) is 6.61 Å². The van der Waals surface area contributed by atoms with E-state index in [4.69, 9.17) is 4.74 Å². The zero-order valence-corrected chi connectivity index (χ0v) is 10.8. The molecule has 1 N–H and O–H groups in total. The Hall–Kier alpha value is -1.89. The van der Waals surface area contributed by atoms with Crippen LogP contribution in [-0.4, -0.2) is 33.0 Å². The predicted molar refractivity (Wildman–Crippen MR) is 65.9 cm³/mol. The van der Waals surface area contributed by atoms with E-state index in [1.165, 1.54) is 19.1 Å². The fourth-order valence-electron chi connectivity index (χ4n) is 1.19. The largest absolute Gasteiger partial charge is 0.454 e. The van der Waals surface area contributed by atoms with E-state index in [9.17, 15) is 18.0 Å². The number of rotatable bonds is 5. The first-order chi connectivity index (χ1) is 8.29. The minimum absolute atomic E-state index is 0.0594. The maximum atomic E-state index is 11.6. The van der Waals surface area contributed by atoms with Crippen molar-refractivity contribution in [1.82, 2.24) is 0 Å². The van der Waals surface area contributed by atoms with Crippen molar-refractivity contribution in [2.75, 3.05) is 17.6 Å². The Morgan fingerprint density at radius 2 is 1.89 bits per heavy atom. The molecule has 0 fully saturated rings. The molecule has 0 heterocycles. The van der Waals surface area contributed by atoms with E-state index in [1.807, 2.05) is 0 Å². The van der Waals surface area contributed by atoms with Crippen molar-refractivity contribution in [2.45, 2.75) is 6.92 Å². The van der Waals surface area contributed by atoms with Gasteiger partial charge < -0.3 is 4.74 Å². The molecule has 0 spiro atoms. The van der Waals surface area contributed by atoms with Crippen LogP contribution in [0.15, 0.2) is 24.3 Å². The molecule has 1 rings (SSSR count). The van der Waals surface area contributed by atoms with Gasteiger partial charge in [-0.3, -0.25) is 9.52 Å². The zero-order valence-electron chi connectivity index (χ0n) is 9.97. The lowest BCUT2D eigenvalue weighted by atomic mass is 10.2. The number of Topliss-reactive ketones (excluding diaryl/α,β-unsaturated/α-hetero) is 1. The summed E-state index contributed by atoms with van der Waals surface area (Å²) in [6.07, 6.45) is 0.977. The molecule has 0 unspecified atom stereocenters.